The SMILES string of the molecule is CCC=CC1C(C(=O)OCc2c(F)c(F)c(COC)c(F)c2F)C1(C)C. The summed E-state index contributed by atoms with van der Waals surface area (Å²) in [5.74, 6) is -7.41. The molecule has 0 spiro atoms. The van der Waals surface area contributed by atoms with Crippen molar-refractivity contribution in [1.82, 2.24) is 0 Å². The zero-order valence-electron chi connectivity index (χ0n) is 15.2. The fraction of sp³-hybridized carbons (Fsp3) is 0.526. The molecule has 0 N–H and O–H groups in total. The predicted molar refractivity (Wildman–Crippen MR) is 87.0 cm³/mol. The number of hydrogen-bond donors (Lipinski definition) is 0. The molecule has 0 amide bonds. The van der Waals surface area contributed by atoms with Gasteiger partial charge in [0.2, 0.25) is 0 Å². The van der Waals surface area contributed by atoms with Gasteiger partial charge in [0.05, 0.1) is 23.7 Å². The van der Waals surface area contributed by atoms with Crippen LogP contribution in [0.5, 0.6) is 0 Å². The lowest BCUT2D eigenvalue weighted by Crippen LogP contribution is -2.15. The number of ether oxygens (including phenoxy) is 2. The van der Waals surface area contributed by atoms with Crippen molar-refractivity contribution in [2.75, 3.05) is 7.11 Å². The maximum atomic E-state index is 14.0. The van der Waals surface area contributed by atoms with Crippen LogP contribution in [0.15, 0.2) is 12.2 Å². The van der Waals surface area contributed by atoms with Gasteiger partial charge in [0.15, 0.2) is 23.3 Å². The average molecular weight is 374 g/mol. The number of rotatable bonds is 7. The highest BCUT2D eigenvalue weighted by atomic mass is 19.2. The number of benzene rings is 1. The van der Waals surface area contributed by atoms with Crippen LogP contribution in [-0.2, 0) is 27.5 Å². The topological polar surface area (TPSA) is 35.5 Å². The van der Waals surface area contributed by atoms with Gasteiger partial charge in [0.1, 0.15) is 6.61 Å². The summed E-state index contributed by atoms with van der Waals surface area (Å²) in [6.45, 7) is 4.22. The predicted octanol–water partition coefficient (Wildman–Crippen LogP) is 4.67. The van der Waals surface area contributed by atoms with Crippen molar-refractivity contribution in [3.63, 3.8) is 0 Å². The summed E-state index contributed by atoms with van der Waals surface area (Å²) in [6.07, 6.45) is 4.65. The van der Waals surface area contributed by atoms with E-state index in [0.29, 0.717) is 0 Å². The van der Waals surface area contributed by atoms with Crippen LogP contribution >= 0.6 is 0 Å². The van der Waals surface area contributed by atoms with Crippen LogP contribution < -0.4 is 0 Å². The highest BCUT2D eigenvalue weighted by Crippen LogP contribution is 2.59. The number of carbonyl (C=O) groups is 1. The van der Waals surface area contributed by atoms with E-state index in [9.17, 15) is 22.4 Å². The smallest absolute Gasteiger partial charge is 0.310 e. The Morgan fingerprint density at radius 3 is 2.00 bits per heavy atom. The van der Waals surface area contributed by atoms with E-state index in [0.717, 1.165) is 13.5 Å². The van der Waals surface area contributed by atoms with Gasteiger partial charge in [-0.25, -0.2) is 17.6 Å². The molecule has 1 aliphatic carbocycles. The number of methoxy groups -OCH3 is 1. The average Bonchev–Trinajstić information content (AvgIpc) is 3.15. The zero-order chi connectivity index (χ0) is 19.6. The molecule has 26 heavy (non-hydrogen) atoms. The first-order chi connectivity index (χ1) is 12.2. The minimum absolute atomic E-state index is 0.0396. The molecule has 1 aromatic rings. The van der Waals surface area contributed by atoms with Gasteiger partial charge in [0, 0.05) is 7.11 Å². The van der Waals surface area contributed by atoms with E-state index < -0.39 is 59.5 Å². The molecule has 0 aromatic heterocycles. The Balaban J connectivity index is 2.15. The number of carbonyl (C=O) groups excluding carboxylic acids is 1. The fourth-order valence-electron chi connectivity index (χ4n) is 3.12. The van der Waals surface area contributed by atoms with E-state index in [1.165, 1.54) is 0 Å². The van der Waals surface area contributed by atoms with E-state index in [1.807, 2.05) is 32.9 Å². The summed E-state index contributed by atoms with van der Waals surface area (Å²) in [4.78, 5) is 12.2. The van der Waals surface area contributed by atoms with E-state index >= 15 is 0 Å². The van der Waals surface area contributed by atoms with Crippen molar-refractivity contribution < 1.29 is 31.8 Å². The van der Waals surface area contributed by atoms with Crippen molar-refractivity contribution in [1.29, 1.82) is 0 Å². The van der Waals surface area contributed by atoms with Crippen molar-refractivity contribution in [2.24, 2.45) is 17.3 Å². The fourth-order valence-corrected chi connectivity index (χ4v) is 3.12. The maximum Gasteiger partial charge on any atom is 0.310 e. The summed E-state index contributed by atoms with van der Waals surface area (Å²) < 4.78 is 65.4. The first-order valence-electron chi connectivity index (χ1n) is 8.34. The lowest BCUT2D eigenvalue weighted by molar-refractivity contribution is -0.147. The van der Waals surface area contributed by atoms with E-state index in [-0.39, 0.29) is 11.3 Å². The molecule has 1 aliphatic rings. The molecular weight excluding hydrogens is 352 g/mol. The molecule has 1 fully saturated rings. The van der Waals surface area contributed by atoms with Crippen LogP contribution in [0.2, 0.25) is 0 Å². The minimum atomic E-state index is -1.58. The molecule has 7 heteroatoms. The third-order valence-corrected chi connectivity index (χ3v) is 4.84. The Kier molecular flexibility index (Phi) is 6.11. The monoisotopic (exact) mass is 374 g/mol. The van der Waals surface area contributed by atoms with Crippen LogP contribution in [0.4, 0.5) is 17.6 Å². The quantitative estimate of drug-likeness (QED) is 0.301. The molecule has 3 nitrogen and oxygen atoms in total. The first kappa shape index (κ1) is 20.4. The summed E-state index contributed by atoms with van der Waals surface area (Å²) in [5.41, 5.74) is -2.13. The van der Waals surface area contributed by atoms with Gasteiger partial charge in [-0.05, 0) is 17.8 Å². The molecule has 0 heterocycles. The molecule has 0 saturated heterocycles. The lowest BCUT2D eigenvalue weighted by atomic mass is 10.1. The van der Waals surface area contributed by atoms with Crippen LogP contribution in [-0.4, -0.2) is 13.1 Å². The van der Waals surface area contributed by atoms with Gasteiger partial charge < -0.3 is 9.47 Å². The second-order valence-electron chi connectivity index (χ2n) is 6.91. The van der Waals surface area contributed by atoms with E-state index in [2.05, 4.69) is 4.74 Å². The van der Waals surface area contributed by atoms with E-state index in [4.69, 9.17) is 4.74 Å². The Bertz CT molecular complexity index is 699. The number of halogens is 4. The molecule has 0 bridgehead atoms. The number of allylic oxidation sites excluding steroid dienone is 2. The van der Waals surface area contributed by atoms with Gasteiger partial charge >= 0.3 is 5.97 Å². The summed E-state index contributed by atoms with van der Waals surface area (Å²) >= 11 is 0. The molecule has 2 rings (SSSR count). The largest absolute Gasteiger partial charge is 0.460 e. The third-order valence-electron chi connectivity index (χ3n) is 4.84. The van der Waals surface area contributed by atoms with Crippen molar-refractivity contribution >= 4 is 5.97 Å². The number of hydrogen-bond acceptors (Lipinski definition) is 3. The Hall–Kier alpha value is -1.89. The van der Waals surface area contributed by atoms with Crippen LogP contribution in [0.3, 0.4) is 0 Å². The molecular formula is C19H22F4O3. The molecule has 2 atom stereocenters. The van der Waals surface area contributed by atoms with Crippen molar-refractivity contribution in [3.8, 4) is 0 Å². The molecule has 0 radical (unpaired) electrons. The highest BCUT2D eigenvalue weighted by molar-refractivity contribution is 5.78. The van der Waals surface area contributed by atoms with Gasteiger partial charge in [-0.2, -0.15) is 0 Å². The Labute approximate surface area is 150 Å². The zero-order valence-corrected chi connectivity index (χ0v) is 15.2. The highest BCUT2D eigenvalue weighted by Gasteiger charge is 2.61. The van der Waals surface area contributed by atoms with Crippen LogP contribution in [0, 0.1) is 40.5 Å². The Morgan fingerprint density at radius 2 is 1.54 bits per heavy atom. The van der Waals surface area contributed by atoms with E-state index in [1.54, 1.807) is 0 Å². The second-order valence-corrected chi connectivity index (χ2v) is 6.91. The molecule has 1 saturated carbocycles. The summed E-state index contributed by atoms with van der Waals surface area (Å²) in [7, 11) is 1.14. The van der Waals surface area contributed by atoms with Gasteiger partial charge in [-0.15, -0.1) is 0 Å². The van der Waals surface area contributed by atoms with Crippen LogP contribution in [0.25, 0.3) is 0 Å². The van der Waals surface area contributed by atoms with Gasteiger partial charge in [-0.1, -0.05) is 32.9 Å². The van der Waals surface area contributed by atoms with Crippen LogP contribution in [0.1, 0.15) is 38.3 Å². The maximum absolute atomic E-state index is 14.0. The van der Waals surface area contributed by atoms with Crippen molar-refractivity contribution in [3.05, 3.63) is 46.5 Å². The van der Waals surface area contributed by atoms with Crippen molar-refractivity contribution in [2.45, 2.75) is 40.4 Å². The summed E-state index contributed by atoms with van der Waals surface area (Å²) in [5, 5.41) is 0. The standard InChI is InChI=1S/C19H22F4O3/c1-5-6-7-12-13(19(12,2)3)18(24)26-9-11-16(22)14(20)10(8-25-4)15(21)17(11)23/h6-7,12-13H,5,8-9H2,1-4H3. The third kappa shape index (κ3) is 3.63. The van der Waals surface area contributed by atoms with Gasteiger partial charge in [-0.3, -0.25) is 4.79 Å². The molecule has 1 aromatic carbocycles. The van der Waals surface area contributed by atoms with Gasteiger partial charge in [0.25, 0.3) is 0 Å². The number of esters is 1. The molecule has 144 valence electrons. The second kappa shape index (κ2) is 7.78. The molecule has 0 aliphatic heterocycles. The molecule has 2 unspecified atom stereocenters. The minimum Gasteiger partial charge on any atom is -0.460 e. The normalized spacial score (nSPS) is 21.2. The Morgan fingerprint density at radius 1 is 1.04 bits per heavy atom. The summed E-state index contributed by atoms with van der Waals surface area (Å²) in [6, 6.07) is 0. The lowest BCUT2D eigenvalue weighted by Gasteiger charge is -2.12. The first-order valence-corrected chi connectivity index (χ1v) is 8.34.